The summed E-state index contributed by atoms with van der Waals surface area (Å²) in [5.74, 6) is 0.725. The minimum Gasteiger partial charge on any atom is -0.361 e. The van der Waals surface area contributed by atoms with Crippen molar-refractivity contribution in [3.8, 4) is 0 Å². The predicted molar refractivity (Wildman–Crippen MR) is 49.1 cm³/mol. The first-order valence-electron chi connectivity index (χ1n) is 4.07. The van der Waals surface area contributed by atoms with E-state index in [1.54, 1.807) is 4.90 Å². The highest BCUT2D eigenvalue weighted by atomic mass is 16.5. The molecule has 0 saturated heterocycles. The van der Waals surface area contributed by atoms with Crippen LogP contribution in [-0.2, 0) is 4.74 Å². The predicted octanol–water partition coefficient (Wildman–Crippen LogP) is 1.26. The summed E-state index contributed by atoms with van der Waals surface area (Å²) in [7, 11) is 1.85. The molecule has 1 aliphatic heterocycles. The largest absolute Gasteiger partial charge is 0.361 e. The molecule has 0 aromatic rings. The molecule has 0 spiro atoms. The maximum Gasteiger partial charge on any atom is 0.136 e. The smallest absolute Gasteiger partial charge is 0.136 e. The lowest BCUT2D eigenvalue weighted by atomic mass is 10.6. The highest BCUT2D eigenvalue weighted by Gasteiger charge is 2.15. The van der Waals surface area contributed by atoms with E-state index in [0.29, 0.717) is 13.3 Å². The molecule has 72 valence electrons. The second kappa shape index (κ2) is 4.61. The second-order valence-electron chi connectivity index (χ2n) is 2.59. The van der Waals surface area contributed by atoms with E-state index in [1.165, 1.54) is 6.20 Å². The lowest BCUT2D eigenvalue weighted by molar-refractivity contribution is 0.0746. The molecule has 0 bridgehead atoms. The molecule has 0 unspecified atom stereocenters. The normalized spacial score (nSPS) is 18.8. The number of ether oxygens (including phenoxy) is 1. The van der Waals surface area contributed by atoms with Crippen molar-refractivity contribution in [2.45, 2.75) is 6.92 Å². The van der Waals surface area contributed by atoms with Gasteiger partial charge in [-0.05, 0) is 12.1 Å². The summed E-state index contributed by atoms with van der Waals surface area (Å²) in [6.45, 7) is 3.01. The molecule has 13 heavy (non-hydrogen) atoms. The summed E-state index contributed by atoms with van der Waals surface area (Å²) in [5, 5.41) is 2.74. The van der Waals surface area contributed by atoms with Crippen molar-refractivity contribution in [1.82, 2.24) is 9.80 Å². The van der Waals surface area contributed by atoms with Gasteiger partial charge in [0, 0.05) is 26.1 Å². The van der Waals surface area contributed by atoms with Crippen molar-refractivity contribution in [2.24, 2.45) is 5.18 Å². The van der Waals surface area contributed by atoms with Gasteiger partial charge in [-0.3, -0.25) is 0 Å². The Hall–Kier alpha value is -1.36. The third-order valence-electron chi connectivity index (χ3n) is 1.73. The SMILES string of the molecule is CCOCN1C=CN(C)/C1=C/N=O. The second-order valence-corrected chi connectivity index (χ2v) is 2.59. The first-order chi connectivity index (χ1) is 6.29. The lowest BCUT2D eigenvalue weighted by Crippen LogP contribution is -2.22. The topological polar surface area (TPSA) is 45.1 Å². The molecule has 0 aromatic carbocycles. The molecule has 1 aliphatic rings. The quantitative estimate of drug-likeness (QED) is 0.615. The van der Waals surface area contributed by atoms with Crippen LogP contribution in [-0.4, -0.2) is 30.2 Å². The summed E-state index contributed by atoms with van der Waals surface area (Å²) >= 11 is 0. The Kier molecular flexibility index (Phi) is 3.45. The Bertz CT molecular complexity index is 238. The van der Waals surface area contributed by atoms with Gasteiger partial charge in [0.15, 0.2) is 0 Å². The van der Waals surface area contributed by atoms with E-state index < -0.39 is 0 Å². The molecular weight excluding hydrogens is 170 g/mol. The van der Waals surface area contributed by atoms with Crippen LogP contribution >= 0.6 is 0 Å². The molecule has 5 nitrogen and oxygen atoms in total. The van der Waals surface area contributed by atoms with Crippen LogP contribution < -0.4 is 0 Å². The molecule has 1 rings (SSSR count). The van der Waals surface area contributed by atoms with Crippen molar-refractivity contribution in [3.05, 3.63) is 29.3 Å². The van der Waals surface area contributed by atoms with E-state index >= 15 is 0 Å². The third kappa shape index (κ3) is 2.29. The van der Waals surface area contributed by atoms with Crippen LogP contribution in [0.1, 0.15) is 6.92 Å². The summed E-state index contributed by atoms with van der Waals surface area (Å²) in [6.07, 6.45) is 4.95. The van der Waals surface area contributed by atoms with Gasteiger partial charge in [0.1, 0.15) is 18.8 Å². The zero-order chi connectivity index (χ0) is 9.68. The molecule has 0 amide bonds. The zero-order valence-electron chi connectivity index (χ0n) is 7.80. The number of hydrogen-bond donors (Lipinski definition) is 0. The van der Waals surface area contributed by atoms with E-state index in [-0.39, 0.29) is 0 Å². The molecule has 0 fully saturated rings. The summed E-state index contributed by atoms with van der Waals surface area (Å²) in [6, 6.07) is 0. The first-order valence-corrected chi connectivity index (χ1v) is 4.07. The Morgan fingerprint density at radius 1 is 1.62 bits per heavy atom. The Balaban J connectivity index is 2.58. The fraction of sp³-hybridized carbons (Fsp3) is 0.500. The number of hydrogen-bond acceptors (Lipinski definition) is 5. The van der Waals surface area contributed by atoms with Crippen molar-refractivity contribution in [3.63, 3.8) is 0 Å². The average molecular weight is 183 g/mol. The molecule has 0 radical (unpaired) electrons. The van der Waals surface area contributed by atoms with Crippen molar-refractivity contribution in [2.75, 3.05) is 20.4 Å². The van der Waals surface area contributed by atoms with Crippen molar-refractivity contribution in [1.29, 1.82) is 0 Å². The zero-order valence-corrected chi connectivity index (χ0v) is 7.80. The van der Waals surface area contributed by atoms with Gasteiger partial charge in [-0.15, -0.1) is 4.91 Å². The van der Waals surface area contributed by atoms with Crippen LogP contribution in [0.3, 0.4) is 0 Å². The maximum atomic E-state index is 10.1. The van der Waals surface area contributed by atoms with Crippen molar-refractivity contribution >= 4 is 0 Å². The lowest BCUT2D eigenvalue weighted by Gasteiger charge is -2.20. The molecule has 1 heterocycles. The molecule has 0 aromatic heterocycles. The van der Waals surface area contributed by atoms with Crippen LogP contribution in [0.5, 0.6) is 0 Å². The van der Waals surface area contributed by atoms with Gasteiger partial charge in [0.05, 0.1) is 0 Å². The van der Waals surface area contributed by atoms with Gasteiger partial charge in [0.2, 0.25) is 0 Å². The van der Waals surface area contributed by atoms with Gasteiger partial charge >= 0.3 is 0 Å². The number of nitrogens with zero attached hydrogens (tertiary/aromatic N) is 3. The van der Waals surface area contributed by atoms with Crippen molar-refractivity contribution < 1.29 is 4.74 Å². The van der Waals surface area contributed by atoms with E-state index in [9.17, 15) is 4.91 Å². The Morgan fingerprint density at radius 2 is 2.38 bits per heavy atom. The summed E-state index contributed by atoms with van der Waals surface area (Å²) in [4.78, 5) is 13.7. The van der Waals surface area contributed by atoms with Crippen LogP contribution in [0.4, 0.5) is 0 Å². The van der Waals surface area contributed by atoms with Gasteiger partial charge in [0.25, 0.3) is 0 Å². The molecule has 0 atom stereocenters. The van der Waals surface area contributed by atoms with Crippen LogP contribution in [0, 0.1) is 4.91 Å². The first kappa shape index (κ1) is 9.73. The number of nitroso groups, excluding NO2 is 1. The van der Waals surface area contributed by atoms with E-state index in [2.05, 4.69) is 5.18 Å². The number of rotatable bonds is 4. The monoisotopic (exact) mass is 183 g/mol. The Labute approximate surface area is 77.2 Å². The minimum absolute atomic E-state index is 0.443. The average Bonchev–Trinajstić information content (AvgIpc) is 2.46. The molecule has 0 N–H and O–H groups in total. The van der Waals surface area contributed by atoms with Crippen LogP contribution in [0.15, 0.2) is 29.6 Å². The fourth-order valence-corrected chi connectivity index (χ4v) is 1.05. The van der Waals surface area contributed by atoms with Gasteiger partial charge in [-0.25, -0.2) is 0 Å². The molecule has 0 saturated carbocycles. The van der Waals surface area contributed by atoms with Gasteiger partial charge in [-0.1, -0.05) is 0 Å². The summed E-state index contributed by atoms with van der Waals surface area (Å²) < 4.78 is 5.21. The maximum absolute atomic E-state index is 10.1. The van der Waals surface area contributed by atoms with Crippen LogP contribution in [0.2, 0.25) is 0 Å². The summed E-state index contributed by atoms with van der Waals surface area (Å²) in [5.41, 5.74) is 0. The highest BCUT2D eigenvalue weighted by molar-refractivity contribution is 5.12. The fourth-order valence-electron chi connectivity index (χ4n) is 1.05. The van der Waals surface area contributed by atoms with E-state index in [0.717, 1.165) is 5.82 Å². The standard InChI is InChI=1S/C8H13N3O2/c1-3-13-7-11-5-4-10(2)8(11)6-9-12/h4-6H,3,7H2,1-2H3/b8-6-. The van der Waals surface area contributed by atoms with Crippen LogP contribution in [0.25, 0.3) is 0 Å². The molecular formula is C8H13N3O2. The molecule has 5 heteroatoms. The highest BCUT2D eigenvalue weighted by Crippen LogP contribution is 2.17. The van der Waals surface area contributed by atoms with E-state index in [4.69, 9.17) is 4.74 Å². The van der Waals surface area contributed by atoms with E-state index in [1.807, 2.05) is 31.3 Å². The minimum atomic E-state index is 0.443. The van der Waals surface area contributed by atoms with Gasteiger partial charge < -0.3 is 14.5 Å². The Morgan fingerprint density at radius 3 is 3.00 bits per heavy atom. The third-order valence-corrected chi connectivity index (χ3v) is 1.73. The van der Waals surface area contributed by atoms with Gasteiger partial charge in [-0.2, -0.15) is 0 Å². The molecule has 0 aliphatic carbocycles.